The molecule has 0 bridgehead atoms. The van der Waals surface area contributed by atoms with Gasteiger partial charge >= 0.3 is 0 Å². The van der Waals surface area contributed by atoms with Gasteiger partial charge in [0.15, 0.2) is 0 Å². The van der Waals surface area contributed by atoms with Crippen LogP contribution in [0.5, 0.6) is 0 Å². The zero-order valence-corrected chi connectivity index (χ0v) is 11.5. The second kappa shape index (κ2) is 8.04. The Morgan fingerprint density at radius 1 is 1.38 bits per heavy atom. The third kappa shape index (κ3) is 6.46. The Kier molecular flexibility index (Phi) is 7.98. The lowest BCUT2D eigenvalue weighted by Gasteiger charge is -2.27. The summed E-state index contributed by atoms with van der Waals surface area (Å²) in [6, 6.07) is 0. The van der Waals surface area contributed by atoms with Gasteiger partial charge in [0.2, 0.25) is 0 Å². The minimum absolute atomic E-state index is 0.0958. The first-order valence-corrected chi connectivity index (χ1v) is 6.55. The van der Waals surface area contributed by atoms with Gasteiger partial charge in [-0.1, -0.05) is 27.2 Å². The molecule has 3 heteroatoms. The van der Waals surface area contributed by atoms with Crippen molar-refractivity contribution in [1.82, 2.24) is 4.90 Å². The SMILES string of the molecule is CCC(C)CN(C)CCCC(N)(CC)CO. The number of rotatable bonds is 9. The standard InChI is InChI=1S/C13H30N2O/c1-5-12(3)10-15(4)9-7-8-13(14,6-2)11-16/h12,16H,5-11,14H2,1-4H3. The highest BCUT2D eigenvalue weighted by Gasteiger charge is 2.20. The van der Waals surface area contributed by atoms with E-state index in [1.165, 1.54) is 6.42 Å². The fourth-order valence-electron chi connectivity index (χ4n) is 1.82. The summed E-state index contributed by atoms with van der Waals surface area (Å²) in [5, 5.41) is 9.20. The average Bonchev–Trinajstić information content (AvgIpc) is 2.28. The van der Waals surface area contributed by atoms with Gasteiger partial charge in [-0.05, 0) is 38.8 Å². The molecule has 0 amide bonds. The topological polar surface area (TPSA) is 49.5 Å². The molecule has 0 saturated carbocycles. The van der Waals surface area contributed by atoms with E-state index in [0.717, 1.165) is 38.3 Å². The summed E-state index contributed by atoms with van der Waals surface area (Å²) in [5.41, 5.74) is 5.68. The minimum atomic E-state index is -0.364. The molecule has 0 aliphatic rings. The predicted octanol–water partition coefficient (Wildman–Crippen LogP) is 1.84. The molecular formula is C13H30N2O. The van der Waals surface area contributed by atoms with E-state index in [1.54, 1.807) is 0 Å². The van der Waals surface area contributed by atoms with Gasteiger partial charge in [-0.2, -0.15) is 0 Å². The second-order valence-electron chi connectivity index (χ2n) is 5.25. The van der Waals surface area contributed by atoms with Crippen molar-refractivity contribution in [1.29, 1.82) is 0 Å². The molecule has 0 aliphatic carbocycles. The molecule has 0 fully saturated rings. The summed E-state index contributed by atoms with van der Waals surface area (Å²) in [6.45, 7) is 8.87. The van der Waals surface area contributed by atoms with E-state index in [4.69, 9.17) is 5.73 Å². The van der Waals surface area contributed by atoms with Crippen molar-refractivity contribution >= 4 is 0 Å². The summed E-state index contributed by atoms with van der Waals surface area (Å²) in [7, 11) is 2.16. The van der Waals surface area contributed by atoms with Gasteiger partial charge in [0.1, 0.15) is 0 Å². The van der Waals surface area contributed by atoms with Crippen molar-refractivity contribution in [2.24, 2.45) is 11.7 Å². The lowest BCUT2D eigenvalue weighted by atomic mass is 9.92. The molecular weight excluding hydrogens is 200 g/mol. The van der Waals surface area contributed by atoms with Crippen molar-refractivity contribution in [3.8, 4) is 0 Å². The maximum absolute atomic E-state index is 9.20. The Morgan fingerprint density at radius 3 is 2.44 bits per heavy atom. The number of hydrogen-bond acceptors (Lipinski definition) is 3. The zero-order valence-electron chi connectivity index (χ0n) is 11.5. The molecule has 0 aromatic heterocycles. The van der Waals surface area contributed by atoms with Gasteiger partial charge in [0, 0.05) is 12.1 Å². The van der Waals surface area contributed by atoms with Gasteiger partial charge in [-0.25, -0.2) is 0 Å². The molecule has 0 aromatic carbocycles. The van der Waals surface area contributed by atoms with Gasteiger partial charge in [-0.3, -0.25) is 0 Å². The molecule has 2 unspecified atom stereocenters. The number of aliphatic hydroxyl groups excluding tert-OH is 1. The van der Waals surface area contributed by atoms with E-state index in [-0.39, 0.29) is 12.1 Å². The van der Waals surface area contributed by atoms with Crippen LogP contribution in [0.4, 0.5) is 0 Å². The molecule has 98 valence electrons. The highest BCUT2D eigenvalue weighted by Crippen LogP contribution is 2.13. The van der Waals surface area contributed by atoms with Crippen LogP contribution >= 0.6 is 0 Å². The summed E-state index contributed by atoms with van der Waals surface area (Å²) in [6.07, 6.45) is 4.05. The van der Waals surface area contributed by atoms with Gasteiger partial charge < -0.3 is 15.7 Å². The Morgan fingerprint density at radius 2 is 2.00 bits per heavy atom. The van der Waals surface area contributed by atoms with E-state index in [0.29, 0.717) is 0 Å². The monoisotopic (exact) mass is 230 g/mol. The van der Waals surface area contributed by atoms with Crippen LogP contribution in [0.3, 0.4) is 0 Å². The number of nitrogens with two attached hydrogens (primary N) is 1. The van der Waals surface area contributed by atoms with E-state index >= 15 is 0 Å². The Bertz CT molecular complexity index is 169. The van der Waals surface area contributed by atoms with E-state index < -0.39 is 0 Å². The molecule has 0 saturated heterocycles. The van der Waals surface area contributed by atoms with Crippen LogP contribution in [-0.2, 0) is 0 Å². The second-order valence-corrected chi connectivity index (χ2v) is 5.25. The van der Waals surface area contributed by atoms with Crippen LogP contribution in [-0.4, -0.2) is 42.3 Å². The van der Waals surface area contributed by atoms with Crippen molar-refractivity contribution < 1.29 is 5.11 Å². The highest BCUT2D eigenvalue weighted by molar-refractivity contribution is 4.81. The van der Waals surface area contributed by atoms with E-state index in [1.807, 2.05) is 6.92 Å². The molecule has 3 N–H and O–H groups in total. The third-order valence-corrected chi connectivity index (χ3v) is 3.55. The fourth-order valence-corrected chi connectivity index (χ4v) is 1.82. The maximum Gasteiger partial charge on any atom is 0.0611 e. The molecule has 0 heterocycles. The Hall–Kier alpha value is -0.120. The van der Waals surface area contributed by atoms with Crippen molar-refractivity contribution in [3.05, 3.63) is 0 Å². The molecule has 0 rings (SSSR count). The van der Waals surface area contributed by atoms with E-state index in [9.17, 15) is 5.11 Å². The van der Waals surface area contributed by atoms with Crippen LogP contribution < -0.4 is 5.73 Å². The number of aliphatic hydroxyl groups is 1. The predicted molar refractivity (Wildman–Crippen MR) is 70.5 cm³/mol. The normalized spacial score (nSPS) is 17.4. The largest absolute Gasteiger partial charge is 0.394 e. The molecule has 0 aromatic rings. The number of nitrogens with zero attached hydrogens (tertiary/aromatic N) is 1. The maximum atomic E-state index is 9.20. The summed E-state index contributed by atoms with van der Waals surface area (Å²) in [4.78, 5) is 2.36. The fraction of sp³-hybridized carbons (Fsp3) is 1.00. The van der Waals surface area contributed by atoms with Crippen LogP contribution in [0.25, 0.3) is 0 Å². The quantitative estimate of drug-likeness (QED) is 0.635. The molecule has 0 radical (unpaired) electrons. The summed E-state index contributed by atoms with van der Waals surface area (Å²) >= 11 is 0. The van der Waals surface area contributed by atoms with Crippen LogP contribution in [0.1, 0.15) is 46.5 Å². The Labute approximate surface area is 101 Å². The van der Waals surface area contributed by atoms with Crippen molar-refractivity contribution in [3.63, 3.8) is 0 Å². The minimum Gasteiger partial charge on any atom is -0.394 e. The van der Waals surface area contributed by atoms with Gasteiger partial charge in [0.05, 0.1) is 6.61 Å². The molecule has 0 spiro atoms. The first-order chi connectivity index (χ1) is 7.47. The molecule has 16 heavy (non-hydrogen) atoms. The number of hydrogen-bond donors (Lipinski definition) is 2. The van der Waals surface area contributed by atoms with Gasteiger partial charge in [-0.15, -0.1) is 0 Å². The first kappa shape index (κ1) is 15.9. The van der Waals surface area contributed by atoms with E-state index in [2.05, 4.69) is 25.8 Å². The first-order valence-electron chi connectivity index (χ1n) is 6.55. The van der Waals surface area contributed by atoms with Crippen LogP contribution in [0, 0.1) is 5.92 Å². The van der Waals surface area contributed by atoms with Crippen molar-refractivity contribution in [2.75, 3.05) is 26.7 Å². The van der Waals surface area contributed by atoms with Gasteiger partial charge in [0.25, 0.3) is 0 Å². The molecule has 3 nitrogen and oxygen atoms in total. The third-order valence-electron chi connectivity index (χ3n) is 3.55. The lowest BCUT2D eigenvalue weighted by Crippen LogP contribution is -2.43. The summed E-state index contributed by atoms with van der Waals surface area (Å²) in [5.74, 6) is 0.761. The molecule has 0 aliphatic heterocycles. The smallest absolute Gasteiger partial charge is 0.0611 e. The highest BCUT2D eigenvalue weighted by atomic mass is 16.3. The van der Waals surface area contributed by atoms with Crippen LogP contribution in [0.2, 0.25) is 0 Å². The van der Waals surface area contributed by atoms with Crippen LogP contribution in [0.15, 0.2) is 0 Å². The van der Waals surface area contributed by atoms with Crippen molar-refractivity contribution in [2.45, 2.75) is 52.0 Å². The molecule has 2 atom stereocenters. The Balaban J connectivity index is 3.72. The lowest BCUT2D eigenvalue weighted by molar-refractivity contribution is 0.173. The zero-order chi connectivity index (χ0) is 12.6. The summed E-state index contributed by atoms with van der Waals surface area (Å²) < 4.78 is 0. The average molecular weight is 230 g/mol.